The van der Waals surface area contributed by atoms with Crippen molar-refractivity contribution in [1.29, 1.82) is 0 Å². The van der Waals surface area contributed by atoms with E-state index in [0.717, 1.165) is 43.7 Å². The molecule has 182 valence electrons. The van der Waals surface area contributed by atoms with Crippen molar-refractivity contribution < 1.29 is 22.7 Å². The van der Waals surface area contributed by atoms with Crippen LogP contribution in [0.25, 0.3) is 11.1 Å². The Morgan fingerprint density at radius 3 is 2.06 bits per heavy atom. The Balaban J connectivity index is 0.00000193. The lowest BCUT2D eigenvalue weighted by molar-refractivity contribution is -0.274. The van der Waals surface area contributed by atoms with Crippen molar-refractivity contribution in [3.8, 4) is 16.9 Å². The number of hydrogen-bond donors (Lipinski definition) is 1. The molecular formula is C23H28Cl2F3N3O2. The van der Waals surface area contributed by atoms with Crippen molar-refractivity contribution in [3.63, 3.8) is 0 Å². The van der Waals surface area contributed by atoms with Gasteiger partial charge in [0.2, 0.25) is 5.91 Å². The molecule has 10 heteroatoms. The van der Waals surface area contributed by atoms with Crippen LogP contribution in [0.2, 0.25) is 0 Å². The van der Waals surface area contributed by atoms with Gasteiger partial charge in [0.15, 0.2) is 0 Å². The van der Waals surface area contributed by atoms with Gasteiger partial charge in [-0.15, -0.1) is 38.0 Å². The van der Waals surface area contributed by atoms with Crippen LogP contribution in [0.4, 0.5) is 13.2 Å². The van der Waals surface area contributed by atoms with Gasteiger partial charge in [0.05, 0.1) is 6.54 Å². The van der Waals surface area contributed by atoms with Gasteiger partial charge in [-0.1, -0.05) is 36.4 Å². The molecule has 1 saturated carbocycles. The van der Waals surface area contributed by atoms with E-state index in [1.165, 1.54) is 17.7 Å². The summed E-state index contributed by atoms with van der Waals surface area (Å²) < 4.78 is 40.8. The molecule has 4 rings (SSSR count). The molecule has 33 heavy (non-hydrogen) atoms. The van der Waals surface area contributed by atoms with E-state index in [9.17, 15) is 18.0 Å². The van der Waals surface area contributed by atoms with E-state index >= 15 is 0 Å². The highest BCUT2D eigenvalue weighted by atomic mass is 35.5. The molecule has 5 nitrogen and oxygen atoms in total. The van der Waals surface area contributed by atoms with E-state index in [1.807, 2.05) is 29.2 Å². The highest BCUT2D eigenvalue weighted by Gasteiger charge is 2.38. The van der Waals surface area contributed by atoms with Gasteiger partial charge >= 0.3 is 6.36 Å². The number of carbonyl (C=O) groups is 1. The molecular weight excluding hydrogens is 478 g/mol. The van der Waals surface area contributed by atoms with Crippen molar-refractivity contribution in [1.82, 2.24) is 15.1 Å². The summed E-state index contributed by atoms with van der Waals surface area (Å²) in [6.45, 7) is 3.78. The summed E-state index contributed by atoms with van der Waals surface area (Å²) >= 11 is 0. The molecule has 1 saturated heterocycles. The largest absolute Gasteiger partial charge is 0.573 e. The smallest absolute Gasteiger partial charge is 0.406 e. The summed E-state index contributed by atoms with van der Waals surface area (Å²) in [5, 5.41) is 3.37. The van der Waals surface area contributed by atoms with Crippen molar-refractivity contribution in [2.75, 3.05) is 39.8 Å². The van der Waals surface area contributed by atoms with Gasteiger partial charge in [-0.3, -0.25) is 4.79 Å². The molecule has 2 atom stereocenters. The second-order valence-electron chi connectivity index (χ2n) is 8.21. The first-order valence-corrected chi connectivity index (χ1v) is 10.4. The number of piperazine rings is 1. The molecule has 2 aromatic carbocycles. The molecule has 0 bridgehead atoms. The van der Waals surface area contributed by atoms with E-state index < -0.39 is 6.36 Å². The third-order valence-electron chi connectivity index (χ3n) is 5.92. The Kier molecular flexibility index (Phi) is 9.43. The third kappa shape index (κ3) is 7.50. The average molecular weight is 506 g/mol. The van der Waals surface area contributed by atoms with Crippen LogP contribution in [0.15, 0.2) is 48.5 Å². The van der Waals surface area contributed by atoms with E-state index in [4.69, 9.17) is 0 Å². The normalized spacial score (nSPS) is 20.4. The van der Waals surface area contributed by atoms with Crippen LogP contribution in [0.1, 0.15) is 17.9 Å². The number of halogens is 5. The fourth-order valence-corrected chi connectivity index (χ4v) is 3.95. The first-order chi connectivity index (χ1) is 14.8. The van der Waals surface area contributed by atoms with Crippen LogP contribution in [0.3, 0.4) is 0 Å². The van der Waals surface area contributed by atoms with Gasteiger partial charge in [-0.2, -0.15) is 0 Å². The Labute approximate surface area is 204 Å². The van der Waals surface area contributed by atoms with Gasteiger partial charge in [0, 0.05) is 38.1 Å². The van der Waals surface area contributed by atoms with Crippen LogP contribution in [-0.4, -0.2) is 67.9 Å². The zero-order valence-electron chi connectivity index (χ0n) is 18.2. The molecule has 1 amide bonds. The Morgan fingerprint density at radius 1 is 0.970 bits per heavy atom. The van der Waals surface area contributed by atoms with Gasteiger partial charge in [0.25, 0.3) is 0 Å². The number of rotatable bonds is 6. The number of carbonyl (C=O) groups excluding carboxylic acids is 1. The molecule has 1 N–H and O–H groups in total. The quantitative estimate of drug-likeness (QED) is 0.635. The summed E-state index contributed by atoms with van der Waals surface area (Å²) in [5.41, 5.74) is 2.95. The van der Waals surface area contributed by atoms with E-state index in [0.29, 0.717) is 18.5 Å². The highest BCUT2D eigenvalue weighted by Crippen LogP contribution is 2.41. The second-order valence-corrected chi connectivity index (χ2v) is 8.21. The maximum absolute atomic E-state index is 12.4. The lowest BCUT2D eigenvalue weighted by Gasteiger charge is -2.32. The molecule has 0 radical (unpaired) electrons. The number of benzene rings is 2. The molecule has 2 aromatic rings. The van der Waals surface area contributed by atoms with Crippen molar-refractivity contribution in [2.24, 2.45) is 0 Å². The predicted octanol–water partition coefficient (Wildman–Crippen LogP) is 4.32. The Bertz CT molecular complexity index is 903. The highest BCUT2D eigenvalue weighted by molar-refractivity contribution is 5.85. The Morgan fingerprint density at radius 2 is 1.52 bits per heavy atom. The molecule has 0 aromatic heterocycles. The van der Waals surface area contributed by atoms with Crippen LogP contribution < -0.4 is 10.1 Å². The number of likely N-dealkylation sites (N-methyl/N-ethyl adjacent to an activating group) is 1. The standard InChI is InChI=1S/C23H26F3N3O2.2ClH/c1-28-10-12-29(13-11-28)22(30)15-27-21-14-20(21)18-4-2-16(3-5-18)17-6-8-19(9-7-17)31-23(24,25)26;;/h2-9,20-21,27H,10-15H2,1H3;2*1H/t20-,21+;;/m0../s1. The van der Waals surface area contributed by atoms with Crippen LogP contribution in [-0.2, 0) is 4.79 Å². The zero-order valence-corrected chi connectivity index (χ0v) is 19.8. The summed E-state index contributed by atoms with van der Waals surface area (Å²) in [5.74, 6) is 0.315. The van der Waals surface area contributed by atoms with Crippen molar-refractivity contribution in [3.05, 3.63) is 54.1 Å². The average Bonchev–Trinajstić information content (AvgIpc) is 3.52. The number of nitrogens with zero attached hydrogens (tertiary/aromatic N) is 2. The zero-order chi connectivity index (χ0) is 22.0. The fraction of sp³-hybridized carbons (Fsp3) is 0.435. The van der Waals surface area contributed by atoms with E-state index in [-0.39, 0.29) is 36.5 Å². The molecule has 1 aliphatic carbocycles. The van der Waals surface area contributed by atoms with Gasteiger partial charge in [0.1, 0.15) is 5.75 Å². The molecule has 1 heterocycles. The van der Waals surface area contributed by atoms with E-state index in [1.54, 1.807) is 12.1 Å². The number of hydrogen-bond acceptors (Lipinski definition) is 4. The topological polar surface area (TPSA) is 44.8 Å². The monoisotopic (exact) mass is 505 g/mol. The molecule has 2 fully saturated rings. The number of amides is 1. The van der Waals surface area contributed by atoms with Crippen LogP contribution >= 0.6 is 24.8 Å². The maximum atomic E-state index is 12.4. The lowest BCUT2D eigenvalue weighted by atomic mass is 10.0. The molecule has 0 unspecified atom stereocenters. The summed E-state index contributed by atoms with van der Waals surface area (Å²) in [6, 6.07) is 14.2. The number of nitrogens with one attached hydrogen (secondary N) is 1. The van der Waals surface area contributed by atoms with Crippen LogP contribution in [0, 0.1) is 0 Å². The third-order valence-corrected chi connectivity index (χ3v) is 5.92. The number of alkyl halides is 3. The first kappa shape index (κ1) is 27.2. The SMILES string of the molecule is CN1CCN(C(=O)CN[C@@H]2C[C@H]2c2ccc(-c3ccc(OC(F)(F)F)cc3)cc2)CC1.Cl.Cl. The minimum absolute atomic E-state index is 0. The minimum Gasteiger partial charge on any atom is -0.406 e. The first-order valence-electron chi connectivity index (χ1n) is 10.4. The minimum atomic E-state index is -4.69. The molecule has 0 spiro atoms. The molecule has 1 aliphatic heterocycles. The van der Waals surface area contributed by atoms with Gasteiger partial charge in [-0.05, 0) is 42.3 Å². The molecule has 2 aliphatic rings. The summed E-state index contributed by atoms with van der Waals surface area (Å²) in [6.07, 6.45) is -3.69. The van der Waals surface area contributed by atoms with Crippen molar-refractivity contribution >= 4 is 30.7 Å². The van der Waals surface area contributed by atoms with Gasteiger partial charge in [-0.25, -0.2) is 0 Å². The second kappa shape index (κ2) is 11.4. The number of ether oxygens (including phenoxy) is 1. The van der Waals surface area contributed by atoms with Crippen LogP contribution in [0.5, 0.6) is 5.75 Å². The fourth-order valence-electron chi connectivity index (χ4n) is 3.95. The Hall–Kier alpha value is -2.00. The summed E-state index contributed by atoms with van der Waals surface area (Å²) in [7, 11) is 2.07. The predicted molar refractivity (Wildman–Crippen MR) is 126 cm³/mol. The summed E-state index contributed by atoms with van der Waals surface area (Å²) in [4.78, 5) is 16.5. The maximum Gasteiger partial charge on any atom is 0.573 e. The lowest BCUT2D eigenvalue weighted by Crippen LogP contribution is -2.49. The van der Waals surface area contributed by atoms with Gasteiger partial charge < -0.3 is 19.9 Å². The van der Waals surface area contributed by atoms with E-state index in [2.05, 4.69) is 22.0 Å². The van der Waals surface area contributed by atoms with Crippen molar-refractivity contribution in [2.45, 2.75) is 24.7 Å².